The predicted octanol–water partition coefficient (Wildman–Crippen LogP) is 0.221. The first kappa shape index (κ1) is 10.2. The van der Waals surface area contributed by atoms with E-state index in [1.54, 1.807) is 0 Å². The molecular weight excluding hydrogens is 197 g/mol. The van der Waals surface area contributed by atoms with E-state index in [1.165, 1.54) is 0 Å². The van der Waals surface area contributed by atoms with Gasteiger partial charge in [-0.05, 0) is 0 Å². The minimum atomic E-state index is -4.14. The van der Waals surface area contributed by atoms with Gasteiger partial charge in [0, 0.05) is 25.7 Å². The summed E-state index contributed by atoms with van der Waals surface area (Å²) in [6.07, 6.45) is -4.14. The van der Waals surface area contributed by atoms with E-state index in [9.17, 15) is 13.2 Å². The summed E-state index contributed by atoms with van der Waals surface area (Å²) in [5.41, 5.74) is 0. The fourth-order valence-corrected chi connectivity index (χ4v) is 1.91. The molecule has 0 radical (unpaired) electrons. The Balaban J connectivity index is 1.96. The molecule has 1 N–H and O–H groups in total. The van der Waals surface area contributed by atoms with Crippen LogP contribution in [0.4, 0.5) is 13.2 Å². The Kier molecular flexibility index (Phi) is 2.68. The predicted molar refractivity (Wildman–Crippen MR) is 44.0 cm³/mol. The number of nitrogens with one attached hydrogen (secondary N) is 1. The van der Waals surface area contributed by atoms with Crippen molar-refractivity contribution in [1.29, 1.82) is 0 Å². The molecule has 2 rings (SSSR count). The minimum absolute atomic E-state index is 0.0531. The number of hydrogen-bond acceptors (Lipinski definition) is 3. The normalized spacial score (nSPS) is 35.4. The molecular formula is C8H13F3N2O. The lowest BCUT2D eigenvalue weighted by molar-refractivity contribution is -0.174. The Hall–Kier alpha value is -0.330. The number of hydrogen-bond donors (Lipinski definition) is 1. The van der Waals surface area contributed by atoms with Gasteiger partial charge in [0.2, 0.25) is 0 Å². The molecule has 0 aromatic carbocycles. The van der Waals surface area contributed by atoms with Crippen molar-refractivity contribution in [3.63, 3.8) is 0 Å². The second-order valence-corrected chi connectivity index (χ2v) is 3.73. The highest BCUT2D eigenvalue weighted by atomic mass is 19.4. The van der Waals surface area contributed by atoms with Gasteiger partial charge in [-0.25, -0.2) is 0 Å². The van der Waals surface area contributed by atoms with Crippen molar-refractivity contribution in [3.05, 3.63) is 0 Å². The molecule has 2 heterocycles. The van der Waals surface area contributed by atoms with E-state index in [1.807, 2.05) is 4.90 Å². The van der Waals surface area contributed by atoms with Crippen LogP contribution in [0, 0.1) is 0 Å². The van der Waals surface area contributed by atoms with Gasteiger partial charge in [-0.15, -0.1) is 0 Å². The van der Waals surface area contributed by atoms with Crippen LogP contribution < -0.4 is 5.32 Å². The smallest absolute Gasteiger partial charge is 0.378 e. The molecule has 82 valence electrons. The summed E-state index contributed by atoms with van der Waals surface area (Å²) in [5.74, 6) is 0. The molecule has 0 aromatic heterocycles. The van der Waals surface area contributed by atoms with E-state index in [0.29, 0.717) is 26.3 Å². The molecule has 0 bridgehead atoms. The third kappa shape index (κ3) is 2.02. The van der Waals surface area contributed by atoms with Crippen LogP contribution in [0.5, 0.6) is 0 Å². The largest absolute Gasteiger partial charge is 0.405 e. The van der Waals surface area contributed by atoms with Crippen LogP contribution in [0.1, 0.15) is 0 Å². The van der Waals surface area contributed by atoms with Gasteiger partial charge in [-0.2, -0.15) is 13.2 Å². The Bertz CT molecular complexity index is 209. The van der Waals surface area contributed by atoms with Crippen molar-refractivity contribution < 1.29 is 17.9 Å². The van der Waals surface area contributed by atoms with E-state index >= 15 is 0 Å². The molecule has 2 unspecified atom stereocenters. The molecule has 0 aliphatic carbocycles. The average Bonchev–Trinajstić information content (AvgIpc) is 2.16. The lowest BCUT2D eigenvalue weighted by atomic mass is 10.1. The highest BCUT2D eigenvalue weighted by molar-refractivity contribution is 4.90. The Morgan fingerprint density at radius 1 is 1.36 bits per heavy atom. The highest BCUT2D eigenvalue weighted by Crippen LogP contribution is 2.24. The summed E-state index contributed by atoms with van der Waals surface area (Å²) in [5, 5.41) is 2.51. The summed E-state index contributed by atoms with van der Waals surface area (Å²) in [7, 11) is 0. The fraction of sp³-hybridized carbons (Fsp3) is 1.00. The molecule has 2 fully saturated rings. The minimum Gasteiger partial charge on any atom is -0.378 e. The number of nitrogens with zero attached hydrogens (tertiary/aromatic N) is 1. The molecule has 0 aromatic rings. The molecule has 2 atom stereocenters. The van der Waals surface area contributed by atoms with E-state index in [4.69, 9.17) is 4.74 Å². The molecule has 6 heteroatoms. The quantitative estimate of drug-likeness (QED) is 0.619. The number of rotatable bonds is 0. The number of alkyl halides is 3. The van der Waals surface area contributed by atoms with Crippen molar-refractivity contribution >= 4 is 0 Å². The van der Waals surface area contributed by atoms with Gasteiger partial charge >= 0.3 is 6.18 Å². The van der Waals surface area contributed by atoms with Crippen molar-refractivity contribution in [2.45, 2.75) is 18.3 Å². The lowest BCUT2D eigenvalue weighted by Gasteiger charge is -2.43. The zero-order valence-corrected chi connectivity index (χ0v) is 7.68. The monoisotopic (exact) mass is 210 g/mol. The van der Waals surface area contributed by atoms with Gasteiger partial charge in [-0.3, -0.25) is 4.90 Å². The van der Waals surface area contributed by atoms with Crippen molar-refractivity contribution in [2.24, 2.45) is 0 Å². The standard InChI is InChI=1S/C8H13F3N2O/c9-8(10,11)7-4-13-1-2-14-5-6(13)3-12-7/h6-7,12H,1-5H2. The number of ether oxygens (including phenoxy) is 1. The topological polar surface area (TPSA) is 24.5 Å². The average molecular weight is 210 g/mol. The molecule has 2 aliphatic rings. The third-order valence-electron chi connectivity index (χ3n) is 2.76. The molecule has 14 heavy (non-hydrogen) atoms. The first-order valence-electron chi connectivity index (χ1n) is 4.69. The first-order chi connectivity index (χ1) is 6.57. The van der Waals surface area contributed by atoms with Crippen LogP contribution >= 0.6 is 0 Å². The van der Waals surface area contributed by atoms with Gasteiger partial charge in [-0.1, -0.05) is 0 Å². The Labute approximate surface area is 80.2 Å². The van der Waals surface area contributed by atoms with Gasteiger partial charge in [0.25, 0.3) is 0 Å². The fourth-order valence-electron chi connectivity index (χ4n) is 1.91. The zero-order valence-electron chi connectivity index (χ0n) is 7.68. The highest BCUT2D eigenvalue weighted by Gasteiger charge is 2.44. The van der Waals surface area contributed by atoms with Gasteiger partial charge in [0.05, 0.1) is 13.2 Å². The number of halogens is 3. The second-order valence-electron chi connectivity index (χ2n) is 3.73. The van der Waals surface area contributed by atoms with E-state index in [0.717, 1.165) is 0 Å². The van der Waals surface area contributed by atoms with E-state index in [2.05, 4.69) is 5.32 Å². The Morgan fingerprint density at radius 2 is 2.14 bits per heavy atom. The van der Waals surface area contributed by atoms with Crippen LogP contribution in [0.3, 0.4) is 0 Å². The van der Waals surface area contributed by atoms with Crippen LogP contribution in [0.2, 0.25) is 0 Å². The van der Waals surface area contributed by atoms with Crippen LogP contribution in [0.15, 0.2) is 0 Å². The zero-order chi connectivity index (χ0) is 10.2. The first-order valence-corrected chi connectivity index (χ1v) is 4.69. The lowest BCUT2D eigenvalue weighted by Crippen LogP contribution is -2.64. The van der Waals surface area contributed by atoms with Crippen molar-refractivity contribution in [2.75, 3.05) is 32.8 Å². The summed E-state index contributed by atoms with van der Waals surface area (Å²) >= 11 is 0. The molecule has 2 saturated heterocycles. The summed E-state index contributed by atoms with van der Waals surface area (Å²) in [6.45, 7) is 2.11. The van der Waals surface area contributed by atoms with E-state index < -0.39 is 12.2 Å². The van der Waals surface area contributed by atoms with Gasteiger partial charge < -0.3 is 10.1 Å². The van der Waals surface area contributed by atoms with Gasteiger partial charge in [0.1, 0.15) is 6.04 Å². The number of piperazine rings is 1. The van der Waals surface area contributed by atoms with Crippen LogP contribution in [-0.2, 0) is 4.74 Å². The number of fused-ring (bicyclic) bond motifs is 1. The molecule has 0 amide bonds. The third-order valence-corrected chi connectivity index (χ3v) is 2.76. The van der Waals surface area contributed by atoms with Crippen molar-refractivity contribution in [3.8, 4) is 0 Å². The molecule has 0 saturated carbocycles. The van der Waals surface area contributed by atoms with Crippen molar-refractivity contribution in [1.82, 2.24) is 10.2 Å². The summed E-state index contributed by atoms with van der Waals surface area (Å²) in [6, 6.07) is -1.26. The van der Waals surface area contributed by atoms with E-state index in [-0.39, 0.29) is 12.6 Å². The van der Waals surface area contributed by atoms with Crippen LogP contribution in [-0.4, -0.2) is 56.0 Å². The molecule has 3 nitrogen and oxygen atoms in total. The number of morpholine rings is 1. The maximum atomic E-state index is 12.4. The second kappa shape index (κ2) is 3.67. The maximum Gasteiger partial charge on any atom is 0.405 e. The summed E-state index contributed by atoms with van der Waals surface area (Å²) < 4.78 is 42.3. The molecule has 0 spiro atoms. The Morgan fingerprint density at radius 3 is 2.86 bits per heavy atom. The SMILES string of the molecule is FC(F)(F)C1CN2CCOCC2CN1. The van der Waals surface area contributed by atoms with Crippen LogP contribution in [0.25, 0.3) is 0 Å². The molecule has 2 aliphatic heterocycles. The maximum absolute atomic E-state index is 12.4. The summed E-state index contributed by atoms with van der Waals surface area (Å²) in [4.78, 5) is 1.86. The van der Waals surface area contributed by atoms with Gasteiger partial charge in [0.15, 0.2) is 0 Å².